The van der Waals surface area contributed by atoms with Gasteiger partial charge in [-0.1, -0.05) is 30.3 Å². The lowest BCUT2D eigenvalue weighted by molar-refractivity contribution is 0.0465. The summed E-state index contributed by atoms with van der Waals surface area (Å²) >= 11 is 0. The van der Waals surface area contributed by atoms with Crippen molar-refractivity contribution in [3.63, 3.8) is 0 Å². The molecule has 30 heavy (non-hydrogen) atoms. The molecule has 0 aliphatic carbocycles. The van der Waals surface area contributed by atoms with Gasteiger partial charge in [0.25, 0.3) is 5.56 Å². The molecule has 4 rings (SSSR count). The van der Waals surface area contributed by atoms with Crippen molar-refractivity contribution in [1.82, 2.24) is 19.6 Å². The molecule has 0 saturated heterocycles. The Morgan fingerprint density at radius 1 is 1.07 bits per heavy atom. The molecule has 9 heteroatoms. The molecule has 0 atom stereocenters. The standard InChI is InChI=1S/C21H16N4O5/c1-29-20(27)15-7-13(10-22-11-15)12-30-21(28)17-8-18-23-16(9-19(26)25(18)24-17)14-5-3-2-4-6-14/h2-11,24H,12H2,1H3. The van der Waals surface area contributed by atoms with E-state index < -0.39 is 11.9 Å². The van der Waals surface area contributed by atoms with Gasteiger partial charge in [0, 0.05) is 35.7 Å². The number of rotatable bonds is 5. The van der Waals surface area contributed by atoms with Crippen molar-refractivity contribution in [1.29, 1.82) is 0 Å². The highest BCUT2D eigenvalue weighted by atomic mass is 16.5. The van der Waals surface area contributed by atoms with Crippen LogP contribution in [-0.2, 0) is 16.1 Å². The highest BCUT2D eigenvalue weighted by molar-refractivity contribution is 5.89. The monoisotopic (exact) mass is 404 g/mol. The second kappa shape index (κ2) is 8.00. The minimum atomic E-state index is -0.676. The van der Waals surface area contributed by atoms with Crippen molar-refractivity contribution in [2.45, 2.75) is 6.61 Å². The first kappa shape index (κ1) is 19.1. The van der Waals surface area contributed by atoms with Gasteiger partial charge in [0.1, 0.15) is 12.3 Å². The van der Waals surface area contributed by atoms with E-state index in [4.69, 9.17) is 4.74 Å². The van der Waals surface area contributed by atoms with Crippen LogP contribution in [0.4, 0.5) is 0 Å². The van der Waals surface area contributed by atoms with Crippen molar-refractivity contribution in [3.05, 3.63) is 88.1 Å². The Bertz CT molecular complexity index is 1290. The zero-order chi connectivity index (χ0) is 21.1. The number of methoxy groups -OCH3 is 1. The number of nitrogens with zero attached hydrogens (tertiary/aromatic N) is 3. The summed E-state index contributed by atoms with van der Waals surface area (Å²) in [6, 6.07) is 13.6. The molecule has 0 radical (unpaired) electrons. The number of ether oxygens (including phenoxy) is 2. The van der Waals surface area contributed by atoms with Crippen LogP contribution >= 0.6 is 0 Å². The number of nitrogens with one attached hydrogen (secondary N) is 1. The number of carbonyl (C=O) groups is 2. The molecule has 0 unspecified atom stereocenters. The summed E-state index contributed by atoms with van der Waals surface area (Å²) in [4.78, 5) is 44.8. The largest absolute Gasteiger partial charge is 0.465 e. The minimum Gasteiger partial charge on any atom is -0.465 e. The molecule has 9 nitrogen and oxygen atoms in total. The van der Waals surface area contributed by atoms with E-state index in [9.17, 15) is 14.4 Å². The Morgan fingerprint density at radius 3 is 2.63 bits per heavy atom. The zero-order valence-corrected chi connectivity index (χ0v) is 15.9. The third kappa shape index (κ3) is 3.81. The summed E-state index contributed by atoms with van der Waals surface area (Å²) in [5.74, 6) is -1.21. The fourth-order valence-corrected chi connectivity index (χ4v) is 2.88. The Kier molecular flexibility index (Phi) is 5.08. The maximum Gasteiger partial charge on any atom is 0.356 e. The van der Waals surface area contributed by atoms with Gasteiger partial charge in [-0.05, 0) is 6.07 Å². The van der Waals surface area contributed by atoms with Crippen LogP contribution in [-0.4, -0.2) is 38.6 Å². The van der Waals surface area contributed by atoms with Crippen LogP contribution in [0.1, 0.15) is 26.4 Å². The predicted octanol–water partition coefficient (Wildman–Crippen LogP) is 2.23. The van der Waals surface area contributed by atoms with Crippen LogP contribution in [0.15, 0.2) is 65.7 Å². The third-order valence-electron chi connectivity index (χ3n) is 4.33. The second-order valence-electron chi connectivity index (χ2n) is 6.36. The van der Waals surface area contributed by atoms with E-state index in [0.29, 0.717) is 16.9 Å². The molecule has 0 amide bonds. The highest BCUT2D eigenvalue weighted by Gasteiger charge is 2.15. The molecule has 0 saturated carbocycles. The van der Waals surface area contributed by atoms with Gasteiger partial charge >= 0.3 is 11.9 Å². The number of aromatic nitrogens is 4. The lowest BCUT2D eigenvalue weighted by Gasteiger charge is -2.04. The average Bonchev–Trinajstić information content (AvgIpc) is 3.23. The predicted molar refractivity (Wildman–Crippen MR) is 106 cm³/mol. The molecule has 150 valence electrons. The van der Waals surface area contributed by atoms with Crippen LogP contribution in [0.2, 0.25) is 0 Å². The van der Waals surface area contributed by atoms with E-state index in [1.165, 1.54) is 42.2 Å². The van der Waals surface area contributed by atoms with E-state index in [0.717, 1.165) is 5.56 Å². The number of hydrogen-bond acceptors (Lipinski definition) is 7. The number of hydrogen-bond donors (Lipinski definition) is 1. The number of benzene rings is 1. The van der Waals surface area contributed by atoms with E-state index in [-0.39, 0.29) is 23.4 Å². The average molecular weight is 404 g/mol. The van der Waals surface area contributed by atoms with Gasteiger partial charge in [-0.25, -0.2) is 19.1 Å². The fourth-order valence-electron chi connectivity index (χ4n) is 2.88. The summed E-state index contributed by atoms with van der Waals surface area (Å²) in [7, 11) is 1.27. The lowest BCUT2D eigenvalue weighted by Crippen LogP contribution is -2.15. The maximum atomic E-state index is 12.4. The van der Waals surface area contributed by atoms with Crippen molar-refractivity contribution in [3.8, 4) is 11.3 Å². The first-order chi connectivity index (χ1) is 14.5. The van der Waals surface area contributed by atoms with Crippen molar-refractivity contribution < 1.29 is 19.1 Å². The molecule has 0 aliphatic heterocycles. The van der Waals surface area contributed by atoms with Gasteiger partial charge in [-0.3, -0.25) is 14.9 Å². The summed E-state index contributed by atoms with van der Waals surface area (Å²) in [5.41, 5.74) is 2.08. The second-order valence-corrected chi connectivity index (χ2v) is 6.36. The third-order valence-corrected chi connectivity index (χ3v) is 4.33. The Hall–Kier alpha value is -4.27. The number of aromatic amines is 1. The SMILES string of the molecule is COC(=O)c1cncc(COC(=O)c2cc3nc(-c4ccccc4)cc(=O)n3[nH]2)c1. The van der Waals surface area contributed by atoms with Gasteiger partial charge < -0.3 is 9.47 Å². The molecule has 0 fully saturated rings. The van der Waals surface area contributed by atoms with Gasteiger partial charge in [-0.15, -0.1) is 0 Å². The van der Waals surface area contributed by atoms with Gasteiger partial charge in [0.2, 0.25) is 0 Å². The topological polar surface area (TPSA) is 116 Å². The summed E-state index contributed by atoms with van der Waals surface area (Å²) in [6.45, 7) is -0.108. The first-order valence-electron chi connectivity index (χ1n) is 8.93. The molecule has 0 bridgehead atoms. The zero-order valence-electron chi connectivity index (χ0n) is 15.9. The Morgan fingerprint density at radius 2 is 1.87 bits per heavy atom. The van der Waals surface area contributed by atoms with Gasteiger partial charge in [0.05, 0.1) is 18.4 Å². The summed E-state index contributed by atoms with van der Waals surface area (Å²) in [6.07, 6.45) is 2.83. The van der Waals surface area contributed by atoms with E-state index in [1.807, 2.05) is 30.3 Å². The van der Waals surface area contributed by atoms with E-state index >= 15 is 0 Å². The molecule has 4 aromatic rings. The number of carbonyl (C=O) groups excluding carboxylic acids is 2. The van der Waals surface area contributed by atoms with Crippen molar-refractivity contribution in [2.24, 2.45) is 0 Å². The van der Waals surface area contributed by atoms with E-state index in [2.05, 4.69) is 19.8 Å². The summed E-state index contributed by atoms with van der Waals surface area (Å²) in [5, 5.41) is 2.69. The number of H-pyrrole nitrogens is 1. The van der Waals surface area contributed by atoms with Crippen LogP contribution in [0, 0.1) is 0 Å². The first-order valence-corrected chi connectivity index (χ1v) is 8.93. The molecule has 0 spiro atoms. The van der Waals surface area contributed by atoms with Crippen LogP contribution in [0.5, 0.6) is 0 Å². The Labute approximate surface area is 169 Å². The molecule has 3 heterocycles. The fraction of sp³-hybridized carbons (Fsp3) is 0.0952. The number of esters is 2. The molecular formula is C21H16N4O5. The van der Waals surface area contributed by atoms with Crippen LogP contribution in [0.25, 0.3) is 16.9 Å². The highest BCUT2D eigenvalue weighted by Crippen LogP contribution is 2.16. The molecule has 1 N–H and O–H groups in total. The molecule has 0 aliphatic rings. The number of fused-ring (bicyclic) bond motifs is 1. The molecule has 1 aromatic carbocycles. The van der Waals surface area contributed by atoms with E-state index in [1.54, 1.807) is 0 Å². The normalized spacial score (nSPS) is 10.7. The quantitative estimate of drug-likeness (QED) is 0.507. The van der Waals surface area contributed by atoms with Crippen molar-refractivity contribution in [2.75, 3.05) is 7.11 Å². The van der Waals surface area contributed by atoms with Gasteiger partial charge in [-0.2, -0.15) is 0 Å². The molecular weight excluding hydrogens is 388 g/mol. The van der Waals surface area contributed by atoms with Crippen LogP contribution < -0.4 is 5.56 Å². The smallest absolute Gasteiger partial charge is 0.356 e. The van der Waals surface area contributed by atoms with Crippen molar-refractivity contribution >= 4 is 17.6 Å². The number of pyridine rings is 1. The summed E-state index contributed by atoms with van der Waals surface area (Å²) < 4.78 is 11.1. The lowest BCUT2D eigenvalue weighted by atomic mass is 10.1. The molecule has 3 aromatic heterocycles. The minimum absolute atomic E-state index is 0.0712. The van der Waals surface area contributed by atoms with Crippen LogP contribution in [0.3, 0.4) is 0 Å². The van der Waals surface area contributed by atoms with Gasteiger partial charge in [0.15, 0.2) is 5.65 Å². The Balaban J connectivity index is 1.55. The maximum absolute atomic E-state index is 12.4.